The van der Waals surface area contributed by atoms with Crippen LogP contribution >= 0.6 is 7.82 Å². The van der Waals surface area contributed by atoms with Gasteiger partial charge in [0, 0.05) is 12.8 Å². The second kappa shape index (κ2) is 47.0. The van der Waals surface area contributed by atoms with E-state index in [4.69, 9.17) is 13.8 Å². The molecule has 12 heteroatoms. The fraction of sp³-hybridized carbons (Fsp3) is 0.941. The molecular weight excluding hydrogens is 818 g/mol. The van der Waals surface area contributed by atoms with Crippen molar-refractivity contribution in [1.82, 2.24) is 5.32 Å². The van der Waals surface area contributed by atoms with Crippen molar-refractivity contribution in [2.45, 2.75) is 289 Å². The highest BCUT2D eigenvalue weighted by Gasteiger charge is 2.28. The quantitative estimate of drug-likeness (QED) is 0.0262. The van der Waals surface area contributed by atoms with Gasteiger partial charge in [-0.2, -0.15) is 0 Å². The van der Waals surface area contributed by atoms with Crippen molar-refractivity contribution in [3.8, 4) is 0 Å². The summed E-state index contributed by atoms with van der Waals surface area (Å²) in [7, 11) is -4.75. The first kappa shape index (κ1) is 61.5. The van der Waals surface area contributed by atoms with Crippen LogP contribution in [0, 0.1) is 0 Å². The second-order valence-corrected chi connectivity index (χ2v) is 19.9. The maximum absolute atomic E-state index is 12.4. The van der Waals surface area contributed by atoms with E-state index in [1.165, 1.54) is 199 Å². The van der Waals surface area contributed by atoms with Gasteiger partial charge in [-0.1, -0.05) is 251 Å². The number of carbonyl (C=O) groups excluding carboxylic acids is 2. The van der Waals surface area contributed by atoms with Crippen molar-refractivity contribution >= 4 is 25.7 Å². The molecule has 3 atom stereocenters. The van der Waals surface area contributed by atoms with E-state index in [2.05, 4.69) is 19.2 Å². The Morgan fingerprint density at radius 3 is 1.05 bits per heavy atom. The van der Waals surface area contributed by atoms with E-state index in [0.29, 0.717) is 12.8 Å². The zero-order valence-electron chi connectivity index (χ0n) is 40.9. The van der Waals surface area contributed by atoms with Crippen LogP contribution in [0.5, 0.6) is 0 Å². The minimum Gasteiger partial charge on any atom is -0.480 e. The lowest BCUT2D eigenvalue weighted by atomic mass is 10.0. The summed E-state index contributed by atoms with van der Waals surface area (Å²) in [6, 6.07) is -1.54. The summed E-state index contributed by atoms with van der Waals surface area (Å²) in [4.78, 5) is 46.1. The summed E-state index contributed by atoms with van der Waals surface area (Å²) in [5, 5.41) is 21.9. The van der Waals surface area contributed by atoms with Crippen LogP contribution in [0.3, 0.4) is 0 Å². The SMILES string of the molecule is CCCCCCCCCCCCCCCCCCCCCCCCCCC(=O)NC(COP(=O)(O)OCC(O)COC(=O)CCCCCCCCCCCCCCCCC)C(=O)O. The molecule has 0 radical (unpaired) electrons. The zero-order chi connectivity index (χ0) is 46.3. The minimum absolute atomic E-state index is 0.153. The molecule has 374 valence electrons. The van der Waals surface area contributed by atoms with Crippen LogP contribution in [0.25, 0.3) is 0 Å². The lowest BCUT2D eigenvalue weighted by Gasteiger charge is -2.18. The fourth-order valence-corrected chi connectivity index (χ4v) is 8.80. The first-order chi connectivity index (χ1) is 30.6. The van der Waals surface area contributed by atoms with E-state index in [1.54, 1.807) is 0 Å². The van der Waals surface area contributed by atoms with Crippen LogP contribution in [-0.2, 0) is 32.7 Å². The Hall–Kier alpha value is -1.52. The van der Waals surface area contributed by atoms with Gasteiger partial charge >= 0.3 is 19.8 Å². The highest BCUT2D eigenvalue weighted by molar-refractivity contribution is 7.47. The summed E-state index contributed by atoms with van der Waals surface area (Å²) in [6.45, 7) is 2.66. The molecule has 0 aliphatic heterocycles. The van der Waals surface area contributed by atoms with E-state index >= 15 is 0 Å². The van der Waals surface area contributed by atoms with Crippen molar-refractivity contribution < 1.29 is 47.8 Å². The smallest absolute Gasteiger partial charge is 0.472 e. The molecule has 0 aromatic heterocycles. The van der Waals surface area contributed by atoms with E-state index < -0.39 is 57.6 Å². The molecule has 3 unspecified atom stereocenters. The molecule has 0 aromatic rings. The number of aliphatic carboxylic acids is 1. The summed E-state index contributed by atoms with van der Waals surface area (Å²) in [5.41, 5.74) is 0. The van der Waals surface area contributed by atoms with Crippen molar-refractivity contribution in [2.75, 3.05) is 19.8 Å². The number of hydrogen-bond acceptors (Lipinski definition) is 8. The Morgan fingerprint density at radius 2 is 0.730 bits per heavy atom. The van der Waals surface area contributed by atoms with Gasteiger partial charge in [0.25, 0.3) is 0 Å². The second-order valence-electron chi connectivity index (χ2n) is 18.4. The largest absolute Gasteiger partial charge is 0.480 e. The minimum atomic E-state index is -4.75. The molecule has 0 spiro atoms. The molecule has 0 aromatic carbocycles. The predicted molar refractivity (Wildman–Crippen MR) is 259 cm³/mol. The Labute approximate surface area is 386 Å². The van der Waals surface area contributed by atoms with Crippen molar-refractivity contribution in [3.63, 3.8) is 0 Å². The Bertz CT molecular complexity index is 1080. The third-order valence-corrected chi connectivity index (χ3v) is 13.1. The lowest BCUT2D eigenvalue weighted by molar-refractivity contribution is -0.147. The molecule has 0 saturated heterocycles. The van der Waals surface area contributed by atoms with Gasteiger partial charge in [-0.05, 0) is 12.8 Å². The van der Waals surface area contributed by atoms with E-state index in [-0.39, 0.29) is 12.8 Å². The van der Waals surface area contributed by atoms with Crippen LogP contribution in [0.4, 0.5) is 0 Å². The number of rotatable bonds is 51. The number of hydrogen-bond donors (Lipinski definition) is 4. The monoisotopic (exact) mass is 918 g/mol. The fourth-order valence-electron chi connectivity index (χ4n) is 8.03. The summed E-state index contributed by atoms with van der Waals surface area (Å²) in [5.74, 6) is -2.35. The number of nitrogens with one attached hydrogen (secondary N) is 1. The molecular formula is C51H100NO10P. The first-order valence-electron chi connectivity index (χ1n) is 26.6. The highest BCUT2D eigenvalue weighted by atomic mass is 31.2. The summed E-state index contributed by atoms with van der Waals surface area (Å²) >= 11 is 0. The summed E-state index contributed by atoms with van der Waals surface area (Å²) < 4.78 is 27.0. The van der Waals surface area contributed by atoms with Gasteiger partial charge < -0.3 is 25.2 Å². The maximum Gasteiger partial charge on any atom is 0.472 e. The number of esters is 1. The first-order valence-corrected chi connectivity index (χ1v) is 28.1. The third-order valence-electron chi connectivity index (χ3n) is 12.1. The average molecular weight is 918 g/mol. The molecule has 0 heterocycles. The number of carboxylic acid groups (broad SMARTS) is 1. The van der Waals surface area contributed by atoms with Gasteiger partial charge in [-0.25, -0.2) is 9.36 Å². The van der Waals surface area contributed by atoms with E-state index in [0.717, 1.165) is 38.5 Å². The number of phosphoric acid groups is 1. The summed E-state index contributed by atoms with van der Waals surface area (Å²) in [6.07, 6.45) is 48.5. The van der Waals surface area contributed by atoms with Gasteiger partial charge in [-0.15, -0.1) is 0 Å². The standard InChI is InChI=1S/C51H100NO10P/c1-3-5-7-9-11-13-15-17-19-20-21-22-23-24-25-26-27-29-30-32-34-36-38-40-42-49(54)52-48(51(56)57)46-62-63(58,59)61-45-47(53)44-60-50(55)43-41-39-37-35-33-31-28-18-16-14-12-10-8-6-4-2/h47-48,53H,3-46H2,1-2H3,(H,52,54)(H,56,57)(H,58,59). The Morgan fingerprint density at radius 1 is 0.444 bits per heavy atom. The van der Waals surface area contributed by atoms with Gasteiger partial charge in [0.2, 0.25) is 5.91 Å². The number of carbonyl (C=O) groups is 3. The number of ether oxygens (including phenoxy) is 1. The van der Waals surface area contributed by atoms with Crippen LogP contribution in [0.15, 0.2) is 0 Å². The maximum atomic E-state index is 12.4. The number of amides is 1. The number of aliphatic hydroxyl groups is 1. The molecule has 0 aliphatic rings. The van der Waals surface area contributed by atoms with Crippen LogP contribution < -0.4 is 5.32 Å². The molecule has 0 aliphatic carbocycles. The van der Waals surface area contributed by atoms with Gasteiger partial charge in [0.05, 0.1) is 13.2 Å². The average Bonchev–Trinajstić information content (AvgIpc) is 3.26. The molecule has 1 amide bonds. The molecule has 4 N–H and O–H groups in total. The van der Waals surface area contributed by atoms with E-state index in [1.807, 2.05) is 0 Å². The highest BCUT2D eigenvalue weighted by Crippen LogP contribution is 2.43. The number of carboxylic acids is 1. The molecule has 0 fully saturated rings. The molecule has 63 heavy (non-hydrogen) atoms. The van der Waals surface area contributed by atoms with Gasteiger partial charge in [-0.3, -0.25) is 18.6 Å². The lowest BCUT2D eigenvalue weighted by Crippen LogP contribution is -2.43. The van der Waals surface area contributed by atoms with E-state index in [9.17, 15) is 34.1 Å². The number of aliphatic hydroxyl groups excluding tert-OH is 1. The predicted octanol–water partition coefficient (Wildman–Crippen LogP) is 14.6. The molecule has 11 nitrogen and oxygen atoms in total. The van der Waals surface area contributed by atoms with Crippen LogP contribution in [0.2, 0.25) is 0 Å². The third kappa shape index (κ3) is 46.8. The van der Waals surface area contributed by atoms with Gasteiger partial charge in [0.1, 0.15) is 12.7 Å². The van der Waals surface area contributed by atoms with Crippen molar-refractivity contribution in [3.05, 3.63) is 0 Å². The number of phosphoric ester groups is 1. The van der Waals surface area contributed by atoms with Gasteiger partial charge in [0.15, 0.2) is 6.04 Å². The van der Waals surface area contributed by atoms with Crippen LogP contribution in [-0.4, -0.2) is 64.9 Å². The topological polar surface area (TPSA) is 169 Å². The molecule has 0 bridgehead atoms. The zero-order valence-corrected chi connectivity index (χ0v) is 41.8. The Balaban J connectivity index is 3.75. The van der Waals surface area contributed by atoms with Crippen molar-refractivity contribution in [2.24, 2.45) is 0 Å². The Kier molecular flexibility index (Phi) is 45.9. The molecule has 0 saturated carbocycles. The van der Waals surface area contributed by atoms with Crippen molar-refractivity contribution in [1.29, 1.82) is 0 Å². The number of unbranched alkanes of at least 4 members (excludes halogenated alkanes) is 37. The van der Waals surface area contributed by atoms with Crippen LogP contribution in [0.1, 0.15) is 277 Å². The molecule has 0 rings (SSSR count). The normalized spacial score (nSPS) is 13.5.